The lowest BCUT2D eigenvalue weighted by Gasteiger charge is -2.43. The van der Waals surface area contributed by atoms with E-state index in [1.54, 1.807) is 14.0 Å². The summed E-state index contributed by atoms with van der Waals surface area (Å²) in [5.74, 6) is -1.65. The Morgan fingerprint density at radius 3 is 2.61 bits per heavy atom. The van der Waals surface area contributed by atoms with E-state index in [9.17, 15) is 23.1 Å². The highest BCUT2D eigenvalue weighted by Crippen LogP contribution is 2.57. The molecule has 1 amide bonds. The molecule has 9 heteroatoms. The number of sulfonamides is 1. The van der Waals surface area contributed by atoms with Gasteiger partial charge in [-0.3, -0.25) is 9.59 Å². The van der Waals surface area contributed by atoms with Gasteiger partial charge in [-0.15, -0.1) is 0 Å². The van der Waals surface area contributed by atoms with Crippen molar-refractivity contribution in [2.24, 2.45) is 18.9 Å². The second kappa shape index (κ2) is 4.81. The maximum Gasteiger partial charge on any atom is 0.325 e. The molecule has 0 radical (unpaired) electrons. The second-order valence-corrected chi connectivity index (χ2v) is 8.13. The fourth-order valence-corrected chi connectivity index (χ4v) is 5.72. The van der Waals surface area contributed by atoms with Crippen molar-refractivity contribution in [3.63, 3.8) is 0 Å². The Morgan fingerprint density at radius 1 is 1.43 bits per heavy atom. The molecule has 8 nitrogen and oxygen atoms in total. The first-order valence-corrected chi connectivity index (χ1v) is 8.75. The second-order valence-electron chi connectivity index (χ2n) is 6.27. The molecule has 0 aromatic carbocycles. The van der Waals surface area contributed by atoms with Crippen LogP contribution in [0.25, 0.3) is 0 Å². The van der Waals surface area contributed by atoms with E-state index in [1.807, 2.05) is 0 Å². The molecule has 1 aromatic heterocycles. The molecule has 3 heterocycles. The van der Waals surface area contributed by atoms with Crippen LogP contribution in [0.4, 0.5) is 0 Å². The van der Waals surface area contributed by atoms with Crippen LogP contribution in [0.1, 0.15) is 23.8 Å². The molecular weight excluding hydrogens is 322 g/mol. The molecule has 0 unspecified atom stereocenters. The molecule has 1 saturated carbocycles. The van der Waals surface area contributed by atoms with E-state index in [0.29, 0.717) is 6.42 Å². The molecule has 2 bridgehead atoms. The fraction of sp³-hybridized carbons (Fsp3) is 0.571. The lowest BCUT2D eigenvalue weighted by molar-refractivity contribution is -0.154. The number of fused-ring (bicyclic) bond motifs is 1. The van der Waals surface area contributed by atoms with Crippen LogP contribution >= 0.6 is 0 Å². The van der Waals surface area contributed by atoms with Crippen LogP contribution in [0.15, 0.2) is 17.2 Å². The molecule has 3 atom stereocenters. The first-order chi connectivity index (χ1) is 10.7. The van der Waals surface area contributed by atoms with Crippen molar-refractivity contribution in [3.8, 4) is 0 Å². The molecule has 3 fully saturated rings. The van der Waals surface area contributed by atoms with E-state index in [4.69, 9.17) is 0 Å². The highest BCUT2D eigenvalue weighted by Gasteiger charge is 2.69. The van der Waals surface area contributed by atoms with Crippen LogP contribution in [0.3, 0.4) is 0 Å². The minimum atomic E-state index is -3.97. The average Bonchev–Trinajstić information content (AvgIpc) is 3.15. The van der Waals surface area contributed by atoms with Crippen molar-refractivity contribution in [3.05, 3.63) is 18.0 Å². The molecule has 3 aliphatic rings. The van der Waals surface area contributed by atoms with Crippen LogP contribution in [0.2, 0.25) is 0 Å². The van der Waals surface area contributed by atoms with Crippen LogP contribution in [-0.2, 0) is 21.9 Å². The number of nitrogens with zero attached hydrogens (tertiary/aromatic N) is 2. The van der Waals surface area contributed by atoms with Gasteiger partial charge in [-0.05, 0) is 24.3 Å². The molecule has 2 aliphatic heterocycles. The summed E-state index contributed by atoms with van der Waals surface area (Å²) in [7, 11) is -0.944. The van der Waals surface area contributed by atoms with Crippen LogP contribution in [0.5, 0.6) is 0 Å². The third kappa shape index (κ3) is 1.89. The summed E-state index contributed by atoms with van der Waals surface area (Å²) in [5, 5.41) is 12.0. The number of carboxylic acids is 1. The predicted molar refractivity (Wildman–Crippen MR) is 80.3 cm³/mol. The SMILES string of the molecule is CNC(=O)c1cc(S(=O)(=O)N2C[C@@H]3C[C@@]2(C(=O)O)[C@@H]3C)cn1C. The Balaban J connectivity index is 2.04. The first kappa shape index (κ1) is 16.0. The largest absolute Gasteiger partial charge is 0.480 e. The topological polar surface area (TPSA) is 109 Å². The number of carboxylic acid groups (broad SMARTS) is 1. The quantitative estimate of drug-likeness (QED) is 0.793. The maximum absolute atomic E-state index is 12.9. The Morgan fingerprint density at radius 2 is 2.09 bits per heavy atom. The number of aryl methyl sites for hydroxylation is 1. The average molecular weight is 341 g/mol. The van der Waals surface area contributed by atoms with Gasteiger partial charge in [-0.25, -0.2) is 8.42 Å². The van der Waals surface area contributed by atoms with Crippen LogP contribution in [0, 0.1) is 11.8 Å². The van der Waals surface area contributed by atoms with Crippen molar-refractivity contribution >= 4 is 21.9 Å². The standard InChI is InChI=1S/C14H19N3O5S/c1-8-9-5-14(8,13(19)20)17(6-9)23(21,22)10-4-11(12(18)15-2)16(3)7-10/h4,7-9H,5-6H2,1-3H3,(H,15,18)(H,19,20)/t8-,9+,14+/m1/s1. The van der Waals surface area contributed by atoms with Gasteiger partial charge in [0.2, 0.25) is 10.0 Å². The van der Waals surface area contributed by atoms with Gasteiger partial charge in [0.05, 0.1) is 0 Å². The summed E-state index contributed by atoms with van der Waals surface area (Å²) in [5.41, 5.74) is -1.15. The number of aromatic nitrogens is 1. The number of rotatable bonds is 4. The smallest absolute Gasteiger partial charge is 0.325 e. The number of carbonyl (C=O) groups is 2. The first-order valence-electron chi connectivity index (χ1n) is 7.31. The Hall–Kier alpha value is -1.87. The molecule has 0 spiro atoms. The molecule has 4 rings (SSSR count). The summed E-state index contributed by atoms with van der Waals surface area (Å²) >= 11 is 0. The Kier molecular flexibility index (Phi) is 3.35. The van der Waals surface area contributed by atoms with Gasteiger partial charge in [0.1, 0.15) is 16.1 Å². The monoisotopic (exact) mass is 341 g/mol. The van der Waals surface area contributed by atoms with Crippen molar-refractivity contribution in [1.29, 1.82) is 0 Å². The van der Waals surface area contributed by atoms with Gasteiger partial charge in [0.25, 0.3) is 5.91 Å². The normalized spacial score (nSPS) is 30.0. The zero-order chi connectivity index (χ0) is 17.2. The number of hydrogen-bond acceptors (Lipinski definition) is 4. The maximum atomic E-state index is 12.9. The van der Waals surface area contributed by atoms with E-state index in [2.05, 4.69) is 5.32 Å². The fourth-order valence-electron chi connectivity index (χ4n) is 3.78. The summed E-state index contributed by atoms with van der Waals surface area (Å²) in [6, 6.07) is 1.28. The summed E-state index contributed by atoms with van der Waals surface area (Å²) in [4.78, 5) is 23.4. The van der Waals surface area contributed by atoms with Crippen molar-refractivity contribution in [1.82, 2.24) is 14.2 Å². The highest BCUT2D eigenvalue weighted by atomic mass is 32.2. The minimum Gasteiger partial charge on any atom is -0.480 e. The van der Waals surface area contributed by atoms with E-state index in [1.165, 1.54) is 23.9 Å². The minimum absolute atomic E-state index is 0.0565. The third-order valence-electron chi connectivity index (χ3n) is 5.28. The Bertz CT molecular complexity index is 799. The molecule has 1 aliphatic carbocycles. The number of carbonyl (C=O) groups excluding carboxylic acids is 1. The van der Waals surface area contributed by atoms with Gasteiger partial charge in [-0.2, -0.15) is 4.31 Å². The van der Waals surface area contributed by atoms with Crippen LogP contribution < -0.4 is 5.32 Å². The lowest BCUT2D eigenvalue weighted by Crippen LogP contribution is -2.59. The molecule has 23 heavy (non-hydrogen) atoms. The van der Waals surface area contributed by atoms with Gasteiger partial charge in [0, 0.05) is 26.8 Å². The number of amides is 1. The van der Waals surface area contributed by atoms with E-state index in [-0.39, 0.29) is 29.0 Å². The van der Waals surface area contributed by atoms with Gasteiger partial charge < -0.3 is 15.0 Å². The van der Waals surface area contributed by atoms with Gasteiger partial charge in [-0.1, -0.05) is 6.92 Å². The lowest BCUT2D eigenvalue weighted by atomic mass is 9.64. The molecular formula is C14H19N3O5S. The number of aliphatic carboxylic acids is 1. The zero-order valence-corrected chi connectivity index (χ0v) is 13.9. The summed E-state index contributed by atoms with van der Waals surface area (Å²) in [6.45, 7) is 1.98. The predicted octanol–water partition coefficient (Wildman–Crippen LogP) is -0.132. The number of nitrogens with one attached hydrogen (secondary N) is 1. The van der Waals surface area contributed by atoms with E-state index < -0.39 is 27.4 Å². The zero-order valence-electron chi connectivity index (χ0n) is 13.1. The number of hydrogen-bond donors (Lipinski definition) is 2. The third-order valence-corrected chi connectivity index (χ3v) is 7.15. The van der Waals surface area contributed by atoms with Gasteiger partial charge >= 0.3 is 5.97 Å². The van der Waals surface area contributed by atoms with Crippen molar-refractivity contribution in [2.45, 2.75) is 23.8 Å². The van der Waals surface area contributed by atoms with Crippen molar-refractivity contribution in [2.75, 3.05) is 13.6 Å². The Labute approximate surface area is 134 Å². The molecule has 2 saturated heterocycles. The van der Waals surface area contributed by atoms with Crippen molar-refractivity contribution < 1.29 is 23.1 Å². The molecule has 126 valence electrons. The highest BCUT2D eigenvalue weighted by molar-refractivity contribution is 7.89. The van der Waals surface area contributed by atoms with E-state index >= 15 is 0 Å². The summed E-state index contributed by atoms with van der Waals surface area (Å²) < 4.78 is 28.4. The van der Waals surface area contributed by atoms with Gasteiger partial charge in [0.15, 0.2) is 0 Å². The van der Waals surface area contributed by atoms with Crippen LogP contribution in [-0.4, -0.2) is 53.4 Å². The molecule has 2 N–H and O–H groups in total. The summed E-state index contributed by atoms with van der Waals surface area (Å²) in [6.07, 6.45) is 1.69. The molecule has 1 aromatic rings. The van der Waals surface area contributed by atoms with E-state index in [0.717, 1.165) is 4.31 Å².